The first-order chi connectivity index (χ1) is 18.0. The van der Waals surface area contributed by atoms with E-state index in [0.717, 1.165) is 74.3 Å². The van der Waals surface area contributed by atoms with E-state index < -0.39 is 0 Å². The second-order valence-electron chi connectivity index (χ2n) is 10.9. The van der Waals surface area contributed by atoms with Crippen molar-refractivity contribution in [1.82, 2.24) is 14.7 Å². The molecule has 1 amide bonds. The largest absolute Gasteiger partial charge is 0.354 e. The van der Waals surface area contributed by atoms with Gasteiger partial charge in [0.25, 0.3) is 5.56 Å². The van der Waals surface area contributed by atoms with E-state index in [-0.39, 0.29) is 11.5 Å². The summed E-state index contributed by atoms with van der Waals surface area (Å²) in [6.07, 6.45) is 5.54. The van der Waals surface area contributed by atoms with Crippen LogP contribution in [0.25, 0.3) is 10.8 Å². The van der Waals surface area contributed by atoms with Crippen LogP contribution in [0.15, 0.2) is 53.3 Å². The number of nitrogens with zero attached hydrogens (tertiary/aromatic N) is 4. The van der Waals surface area contributed by atoms with E-state index in [0.29, 0.717) is 18.4 Å². The smallest absolute Gasteiger partial charge is 0.274 e. The SMILES string of the molecule is CC(=O)Nc1cccc(C2CCN(CCCn3nc(N4CCCC(C)C4)c4ccccc4c3=O)CC2)c1. The Morgan fingerprint density at radius 2 is 1.78 bits per heavy atom. The second-order valence-corrected chi connectivity index (χ2v) is 10.9. The van der Waals surface area contributed by atoms with Crippen LogP contribution in [-0.2, 0) is 11.3 Å². The Kier molecular flexibility index (Phi) is 7.89. The van der Waals surface area contributed by atoms with Gasteiger partial charge in [0.2, 0.25) is 5.91 Å². The summed E-state index contributed by atoms with van der Waals surface area (Å²) in [6.45, 7) is 9.54. The van der Waals surface area contributed by atoms with E-state index in [1.54, 1.807) is 11.6 Å². The molecule has 2 aliphatic heterocycles. The molecule has 2 saturated heterocycles. The molecule has 1 atom stereocenters. The first-order valence-electron chi connectivity index (χ1n) is 13.8. The highest BCUT2D eigenvalue weighted by atomic mass is 16.1. The minimum absolute atomic E-state index is 0.0159. The summed E-state index contributed by atoms with van der Waals surface area (Å²) < 4.78 is 1.71. The van der Waals surface area contributed by atoms with Crippen LogP contribution in [0.1, 0.15) is 57.4 Å². The van der Waals surface area contributed by atoms with E-state index in [1.165, 1.54) is 18.4 Å². The number of aromatic nitrogens is 2. The van der Waals surface area contributed by atoms with Crippen molar-refractivity contribution in [3.05, 3.63) is 64.4 Å². The van der Waals surface area contributed by atoms with Gasteiger partial charge in [-0.15, -0.1) is 0 Å². The van der Waals surface area contributed by atoms with Gasteiger partial charge in [0.1, 0.15) is 0 Å². The van der Waals surface area contributed by atoms with E-state index in [2.05, 4.69) is 34.2 Å². The van der Waals surface area contributed by atoms with Gasteiger partial charge in [-0.3, -0.25) is 9.59 Å². The number of amides is 1. The number of benzene rings is 2. The molecule has 0 aliphatic carbocycles. The Morgan fingerprint density at radius 3 is 2.54 bits per heavy atom. The topological polar surface area (TPSA) is 70.5 Å². The highest BCUT2D eigenvalue weighted by Crippen LogP contribution is 2.30. The molecule has 7 nitrogen and oxygen atoms in total. The number of piperidine rings is 2. The fraction of sp³-hybridized carbons (Fsp3) is 0.500. The number of carbonyl (C=O) groups is 1. The number of nitrogens with one attached hydrogen (secondary N) is 1. The van der Waals surface area contributed by atoms with Gasteiger partial charge in [0.15, 0.2) is 5.82 Å². The van der Waals surface area contributed by atoms with Crippen LogP contribution in [0.4, 0.5) is 11.5 Å². The number of rotatable bonds is 7. The van der Waals surface area contributed by atoms with Gasteiger partial charge >= 0.3 is 0 Å². The summed E-state index contributed by atoms with van der Waals surface area (Å²) in [5, 5.41) is 9.54. The number of anilines is 2. The third-order valence-corrected chi connectivity index (χ3v) is 7.92. The molecule has 0 saturated carbocycles. The molecule has 1 N–H and O–H groups in total. The highest BCUT2D eigenvalue weighted by Gasteiger charge is 2.23. The van der Waals surface area contributed by atoms with Crippen molar-refractivity contribution in [2.24, 2.45) is 5.92 Å². The fourth-order valence-corrected chi connectivity index (χ4v) is 5.99. The van der Waals surface area contributed by atoms with Crippen molar-refractivity contribution in [2.45, 2.75) is 58.4 Å². The monoisotopic (exact) mass is 501 g/mol. The molecule has 2 fully saturated rings. The number of aryl methyl sites for hydroxylation is 1. The molecule has 2 aromatic carbocycles. The molecule has 1 aromatic heterocycles. The third-order valence-electron chi connectivity index (χ3n) is 7.92. The first-order valence-corrected chi connectivity index (χ1v) is 13.8. The van der Waals surface area contributed by atoms with Crippen LogP contribution >= 0.6 is 0 Å². The second kappa shape index (κ2) is 11.5. The number of likely N-dealkylation sites (tertiary alicyclic amines) is 1. The Morgan fingerprint density at radius 1 is 1.00 bits per heavy atom. The van der Waals surface area contributed by atoms with E-state index in [1.807, 2.05) is 36.4 Å². The zero-order valence-electron chi connectivity index (χ0n) is 22.2. The maximum Gasteiger partial charge on any atom is 0.274 e. The summed E-state index contributed by atoms with van der Waals surface area (Å²) in [5.41, 5.74) is 2.19. The van der Waals surface area contributed by atoms with Crippen LogP contribution in [0, 0.1) is 5.92 Å². The Bertz CT molecular complexity index is 1290. The van der Waals surface area contributed by atoms with Gasteiger partial charge in [-0.05, 0) is 87.3 Å². The minimum atomic E-state index is -0.0374. The third kappa shape index (κ3) is 6.04. The zero-order chi connectivity index (χ0) is 25.8. The lowest BCUT2D eigenvalue weighted by molar-refractivity contribution is -0.114. The molecule has 37 heavy (non-hydrogen) atoms. The molecule has 1 unspecified atom stereocenters. The normalized spacial score (nSPS) is 19.3. The van der Waals surface area contributed by atoms with Gasteiger partial charge in [-0.1, -0.05) is 37.3 Å². The molecule has 0 spiro atoms. The van der Waals surface area contributed by atoms with Crippen LogP contribution in [0.2, 0.25) is 0 Å². The van der Waals surface area contributed by atoms with Crippen molar-refractivity contribution >= 4 is 28.2 Å². The van der Waals surface area contributed by atoms with Gasteiger partial charge in [0.05, 0.1) is 5.39 Å². The number of carbonyl (C=O) groups excluding carboxylic acids is 1. The Hall–Kier alpha value is -3.19. The molecule has 196 valence electrons. The van der Waals surface area contributed by atoms with Crippen LogP contribution < -0.4 is 15.8 Å². The van der Waals surface area contributed by atoms with Gasteiger partial charge in [-0.2, -0.15) is 5.10 Å². The zero-order valence-corrected chi connectivity index (χ0v) is 22.2. The summed E-state index contributed by atoms with van der Waals surface area (Å²) in [4.78, 5) is 29.5. The van der Waals surface area contributed by atoms with Gasteiger partial charge in [0, 0.05) is 37.6 Å². The molecule has 0 radical (unpaired) electrons. The van der Waals surface area contributed by atoms with Crippen molar-refractivity contribution in [2.75, 3.05) is 42.9 Å². The average Bonchev–Trinajstić information content (AvgIpc) is 2.90. The summed E-state index contributed by atoms with van der Waals surface area (Å²) in [7, 11) is 0. The highest BCUT2D eigenvalue weighted by molar-refractivity contribution is 5.91. The molecule has 2 aliphatic rings. The lowest BCUT2D eigenvalue weighted by Gasteiger charge is -2.33. The predicted molar refractivity (Wildman–Crippen MR) is 150 cm³/mol. The molecule has 7 heteroatoms. The number of fused-ring (bicyclic) bond motifs is 1. The summed E-state index contributed by atoms with van der Waals surface area (Å²) in [6, 6.07) is 16.2. The van der Waals surface area contributed by atoms with Crippen LogP contribution in [0.3, 0.4) is 0 Å². The average molecular weight is 502 g/mol. The van der Waals surface area contributed by atoms with E-state index >= 15 is 0 Å². The lowest BCUT2D eigenvalue weighted by Crippen LogP contribution is -2.37. The molecule has 0 bridgehead atoms. The molecule has 3 aromatic rings. The van der Waals surface area contributed by atoms with Crippen LogP contribution in [-0.4, -0.2) is 53.3 Å². The van der Waals surface area contributed by atoms with E-state index in [9.17, 15) is 9.59 Å². The summed E-state index contributed by atoms with van der Waals surface area (Å²) >= 11 is 0. The quantitative estimate of drug-likeness (QED) is 0.501. The van der Waals surface area contributed by atoms with Crippen LogP contribution in [0.5, 0.6) is 0 Å². The fourth-order valence-electron chi connectivity index (χ4n) is 5.99. The number of hydrogen-bond donors (Lipinski definition) is 1. The Labute approximate surface area is 219 Å². The van der Waals surface area contributed by atoms with Gasteiger partial charge in [-0.25, -0.2) is 4.68 Å². The number of hydrogen-bond acceptors (Lipinski definition) is 5. The van der Waals surface area contributed by atoms with Gasteiger partial charge < -0.3 is 15.1 Å². The predicted octanol–water partition coefficient (Wildman–Crippen LogP) is 4.86. The maximum absolute atomic E-state index is 13.2. The van der Waals surface area contributed by atoms with Crippen molar-refractivity contribution in [3.8, 4) is 0 Å². The maximum atomic E-state index is 13.2. The minimum Gasteiger partial charge on any atom is -0.354 e. The standard InChI is InChI=1S/C30H39N5O2/c1-22-8-6-16-34(21-22)29-27-11-3-4-12-28(27)30(37)35(32-29)17-7-15-33-18-13-24(14-19-33)25-9-5-10-26(20-25)31-23(2)36/h3-5,9-12,20,22,24H,6-8,13-19,21H2,1-2H3,(H,31,36). The van der Waals surface area contributed by atoms with E-state index in [4.69, 9.17) is 5.10 Å². The van der Waals surface area contributed by atoms with Crippen molar-refractivity contribution < 1.29 is 4.79 Å². The Balaban J connectivity index is 1.21. The first kappa shape index (κ1) is 25.5. The summed E-state index contributed by atoms with van der Waals surface area (Å²) in [5.74, 6) is 2.09. The van der Waals surface area contributed by atoms with Crippen molar-refractivity contribution in [1.29, 1.82) is 0 Å². The lowest BCUT2D eigenvalue weighted by atomic mass is 9.89. The molecule has 3 heterocycles. The molecule has 5 rings (SSSR count). The van der Waals surface area contributed by atoms with Crippen molar-refractivity contribution in [3.63, 3.8) is 0 Å². The molecular weight excluding hydrogens is 462 g/mol. The molecular formula is C30H39N5O2.